The van der Waals surface area contributed by atoms with Crippen LogP contribution >= 0.6 is 15.9 Å². The summed E-state index contributed by atoms with van der Waals surface area (Å²) < 4.78 is 0.845. The number of fused-ring (bicyclic) bond motifs is 1. The number of aromatic amines is 1. The first-order valence-electron chi connectivity index (χ1n) is 3.34. The van der Waals surface area contributed by atoms with E-state index in [9.17, 15) is 0 Å². The third kappa shape index (κ3) is 0.990. The lowest BCUT2D eigenvalue weighted by atomic mass is 10.2. The highest BCUT2D eigenvalue weighted by molar-refractivity contribution is 9.10. The molecule has 0 aliphatic heterocycles. The number of nitriles is 1. The molecule has 1 aromatic carbocycles. The van der Waals surface area contributed by atoms with Crippen LogP contribution in [0.15, 0.2) is 22.9 Å². The molecule has 1 heterocycles. The van der Waals surface area contributed by atoms with Crippen LogP contribution in [0.3, 0.4) is 0 Å². The van der Waals surface area contributed by atoms with Crippen molar-refractivity contribution < 1.29 is 0 Å². The molecule has 0 unspecified atom stereocenters. The Labute approximate surface area is 77.2 Å². The van der Waals surface area contributed by atoms with Gasteiger partial charge in [-0.3, -0.25) is 0 Å². The summed E-state index contributed by atoms with van der Waals surface area (Å²) >= 11 is 3.33. The number of benzene rings is 1. The summed E-state index contributed by atoms with van der Waals surface area (Å²) in [6, 6.07) is 5.60. The molecule has 0 bridgehead atoms. The van der Waals surface area contributed by atoms with Crippen molar-refractivity contribution in [3.8, 4) is 6.07 Å². The zero-order valence-corrected chi connectivity index (χ0v) is 7.59. The van der Waals surface area contributed by atoms with Crippen LogP contribution in [-0.2, 0) is 0 Å². The lowest BCUT2D eigenvalue weighted by Gasteiger charge is -1.92. The Balaban J connectivity index is 2.86. The largest absolute Gasteiger partial charge is 0.345 e. The first-order valence-corrected chi connectivity index (χ1v) is 4.13. The Morgan fingerprint density at radius 2 is 2.33 bits per heavy atom. The molecule has 3 nitrogen and oxygen atoms in total. The van der Waals surface area contributed by atoms with Crippen molar-refractivity contribution in [1.82, 2.24) is 9.97 Å². The molecular formula is C8H4BrN3. The maximum Gasteiger partial charge on any atom is 0.102 e. The average Bonchev–Trinajstić information content (AvgIpc) is 2.52. The zero-order valence-electron chi connectivity index (χ0n) is 6.00. The van der Waals surface area contributed by atoms with Gasteiger partial charge in [0, 0.05) is 4.47 Å². The predicted octanol–water partition coefficient (Wildman–Crippen LogP) is 2.20. The summed E-state index contributed by atoms with van der Waals surface area (Å²) in [6.07, 6.45) is 1.61. The van der Waals surface area contributed by atoms with Crippen LogP contribution in [0.1, 0.15) is 5.56 Å². The average molecular weight is 222 g/mol. The van der Waals surface area contributed by atoms with Crippen LogP contribution in [0, 0.1) is 11.3 Å². The number of nitrogens with zero attached hydrogens (tertiary/aromatic N) is 2. The second-order valence-electron chi connectivity index (χ2n) is 2.37. The van der Waals surface area contributed by atoms with E-state index >= 15 is 0 Å². The van der Waals surface area contributed by atoms with Crippen LogP contribution in [0.4, 0.5) is 0 Å². The maximum absolute atomic E-state index is 8.65. The Bertz CT molecular complexity index is 467. The number of aromatic nitrogens is 2. The topological polar surface area (TPSA) is 52.5 Å². The molecule has 0 saturated carbocycles. The van der Waals surface area contributed by atoms with Crippen molar-refractivity contribution in [3.05, 3.63) is 28.5 Å². The SMILES string of the molecule is N#Cc1cc(Br)c2nc[nH]c2c1. The minimum Gasteiger partial charge on any atom is -0.345 e. The first kappa shape index (κ1) is 7.32. The third-order valence-corrected chi connectivity index (χ3v) is 2.21. The molecule has 0 aliphatic rings. The molecule has 0 radical (unpaired) electrons. The highest BCUT2D eigenvalue weighted by Crippen LogP contribution is 2.22. The highest BCUT2D eigenvalue weighted by Gasteiger charge is 2.02. The van der Waals surface area contributed by atoms with E-state index in [2.05, 4.69) is 32.0 Å². The van der Waals surface area contributed by atoms with Gasteiger partial charge in [0.2, 0.25) is 0 Å². The fraction of sp³-hybridized carbons (Fsp3) is 0. The van der Waals surface area contributed by atoms with E-state index in [1.165, 1.54) is 0 Å². The molecule has 1 aromatic heterocycles. The van der Waals surface area contributed by atoms with E-state index in [1.54, 1.807) is 18.5 Å². The van der Waals surface area contributed by atoms with Crippen LogP contribution in [0.2, 0.25) is 0 Å². The molecule has 58 valence electrons. The second-order valence-corrected chi connectivity index (χ2v) is 3.22. The summed E-state index contributed by atoms with van der Waals surface area (Å²) in [7, 11) is 0. The molecule has 0 spiro atoms. The molecule has 0 amide bonds. The summed E-state index contributed by atoms with van der Waals surface area (Å²) in [5.41, 5.74) is 2.36. The van der Waals surface area contributed by atoms with Crippen LogP contribution in [-0.4, -0.2) is 9.97 Å². The van der Waals surface area contributed by atoms with Gasteiger partial charge in [0.05, 0.1) is 23.5 Å². The lowest BCUT2D eigenvalue weighted by Crippen LogP contribution is -1.77. The summed E-state index contributed by atoms with van der Waals surface area (Å²) in [4.78, 5) is 7.02. The number of hydrogen-bond donors (Lipinski definition) is 1. The van der Waals surface area contributed by atoms with Crippen molar-refractivity contribution >= 4 is 27.0 Å². The van der Waals surface area contributed by atoms with Gasteiger partial charge in [-0.05, 0) is 28.1 Å². The molecule has 1 N–H and O–H groups in total. The van der Waals surface area contributed by atoms with Crippen molar-refractivity contribution in [1.29, 1.82) is 5.26 Å². The van der Waals surface area contributed by atoms with Crippen molar-refractivity contribution in [2.45, 2.75) is 0 Å². The van der Waals surface area contributed by atoms with E-state index in [-0.39, 0.29) is 0 Å². The van der Waals surface area contributed by atoms with E-state index in [0.29, 0.717) is 5.56 Å². The lowest BCUT2D eigenvalue weighted by molar-refractivity contribution is 1.34. The Kier molecular flexibility index (Phi) is 1.59. The Morgan fingerprint density at radius 3 is 3.08 bits per heavy atom. The van der Waals surface area contributed by atoms with Gasteiger partial charge in [0.15, 0.2) is 0 Å². The molecular weight excluding hydrogens is 218 g/mol. The second kappa shape index (κ2) is 2.61. The first-order chi connectivity index (χ1) is 5.81. The smallest absolute Gasteiger partial charge is 0.102 e. The number of imidazole rings is 1. The van der Waals surface area contributed by atoms with Gasteiger partial charge >= 0.3 is 0 Å². The van der Waals surface area contributed by atoms with Crippen LogP contribution in [0.25, 0.3) is 11.0 Å². The Morgan fingerprint density at radius 1 is 1.50 bits per heavy atom. The van der Waals surface area contributed by atoms with Crippen molar-refractivity contribution in [2.75, 3.05) is 0 Å². The molecule has 0 aliphatic carbocycles. The fourth-order valence-corrected chi connectivity index (χ4v) is 1.63. The van der Waals surface area contributed by atoms with Gasteiger partial charge in [-0.1, -0.05) is 0 Å². The maximum atomic E-state index is 8.65. The molecule has 2 rings (SSSR count). The van der Waals surface area contributed by atoms with Gasteiger partial charge in [0.1, 0.15) is 5.52 Å². The quantitative estimate of drug-likeness (QED) is 0.742. The third-order valence-electron chi connectivity index (χ3n) is 1.61. The van der Waals surface area contributed by atoms with Crippen LogP contribution < -0.4 is 0 Å². The number of rotatable bonds is 0. The van der Waals surface area contributed by atoms with Crippen LogP contribution in [0.5, 0.6) is 0 Å². The van der Waals surface area contributed by atoms with E-state index in [4.69, 9.17) is 5.26 Å². The van der Waals surface area contributed by atoms with Gasteiger partial charge in [0.25, 0.3) is 0 Å². The summed E-state index contributed by atoms with van der Waals surface area (Å²) in [5, 5.41) is 8.65. The normalized spacial score (nSPS) is 10.0. The standard InChI is InChI=1S/C8H4BrN3/c9-6-1-5(3-10)2-7-8(6)12-4-11-7/h1-2,4H,(H,11,12). The van der Waals surface area contributed by atoms with Gasteiger partial charge in [-0.2, -0.15) is 5.26 Å². The minimum absolute atomic E-state index is 0.624. The summed E-state index contributed by atoms with van der Waals surface area (Å²) in [5.74, 6) is 0. The monoisotopic (exact) mass is 221 g/mol. The molecule has 4 heteroatoms. The van der Waals surface area contributed by atoms with Crippen molar-refractivity contribution in [3.63, 3.8) is 0 Å². The number of halogens is 1. The molecule has 0 atom stereocenters. The number of hydrogen-bond acceptors (Lipinski definition) is 2. The minimum atomic E-state index is 0.624. The molecule has 0 fully saturated rings. The van der Waals surface area contributed by atoms with Gasteiger partial charge < -0.3 is 4.98 Å². The number of H-pyrrole nitrogens is 1. The van der Waals surface area contributed by atoms with Gasteiger partial charge in [-0.25, -0.2) is 4.98 Å². The highest BCUT2D eigenvalue weighted by atomic mass is 79.9. The summed E-state index contributed by atoms with van der Waals surface area (Å²) in [6.45, 7) is 0. The Hall–Kier alpha value is -1.34. The number of nitrogens with one attached hydrogen (secondary N) is 1. The van der Waals surface area contributed by atoms with E-state index in [0.717, 1.165) is 15.5 Å². The molecule has 2 aromatic rings. The fourth-order valence-electron chi connectivity index (χ4n) is 1.07. The van der Waals surface area contributed by atoms with Crippen molar-refractivity contribution in [2.24, 2.45) is 0 Å². The molecule has 0 saturated heterocycles. The predicted molar refractivity (Wildman–Crippen MR) is 48.5 cm³/mol. The van der Waals surface area contributed by atoms with E-state index < -0.39 is 0 Å². The van der Waals surface area contributed by atoms with E-state index in [1.807, 2.05) is 0 Å². The molecule has 12 heavy (non-hydrogen) atoms. The van der Waals surface area contributed by atoms with Gasteiger partial charge in [-0.15, -0.1) is 0 Å². The zero-order chi connectivity index (χ0) is 8.55.